The normalized spacial score (nSPS) is 28.4. The highest BCUT2D eigenvalue weighted by atomic mass is 16.3. The maximum atomic E-state index is 9.28. The number of rotatable bonds is 3. The van der Waals surface area contributed by atoms with Crippen molar-refractivity contribution in [3.05, 3.63) is 0 Å². The molecule has 1 aliphatic heterocycles. The van der Waals surface area contributed by atoms with Crippen molar-refractivity contribution in [2.75, 3.05) is 20.2 Å². The molecule has 1 unspecified atom stereocenters. The van der Waals surface area contributed by atoms with Crippen molar-refractivity contribution in [2.24, 2.45) is 0 Å². The van der Waals surface area contributed by atoms with E-state index >= 15 is 0 Å². The first kappa shape index (κ1) is 12.9. The van der Waals surface area contributed by atoms with E-state index in [-0.39, 0.29) is 5.54 Å². The van der Waals surface area contributed by atoms with Gasteiger partial charge in [-0.3, -0.25) is 4.90 Å². The maximum absolute atomic E-state index is 9.28. The number of nitrogens with zero attached hydrogens (tertiary/aromatic N) is 1. The van der Waals surface area contributed by atoms with Crippen molar-refractivity contribution < 1.29 is 5.11 Å². The molecule has 0 spiro atoms. The Labute approximate surface area is 82.9 Å². The summed E-state index contributed by atoms with van der Waals surface area (Å²) in [5.74, 6) is 0. The molecule has 1 N–H and O–H groups in total. The van der Waals surface area contributed by atoms with E-state index in [2.05, 4.69) is 18.9 Å². The van der Waals surface area contributed by atoms with Crippen LogP contribution in [0.1, 0.15) is 46.5 Å². The van der Waals surface area contributed by atoms with Gasteiger partial charge in [-0.15, -0.1) is 0 Å². The van der Waals surface area contributed by atoms with Crippen molar-refractivity contribution in [1.82, 2.24) is 4.90 Å². The van der Waals surface area contributed by atoms with Gasteiger partial charge in [0.1, 0.15) is 0 Å². The average molecular weight is 187 g/mol. The van der Waals surface area contributed by atoms with Gasteiger partial charge in [0.05, 0.1) is 6.61 Å². The van der Waals surface area contributed by atoms with Gasteiger partial charge in [0, 0.05) is 5.54 Å². The van der Waals surface area contributed by atoms with Crippen molar-refractivity contribution in [1.29, 1.82) is 0 Å². The van der Waals surface area contributed by atoms with Gasteiger partial charge in [-0.25, -0.2) is 0 Å². The highest BCUT2D eigenvalue weighted by molar-refractivity contribution is 4.93. The summed E-state index contributed by atoms with van der Waals surface area (Å²) >= 11 is 0. The molecular weight excluding hydrogens is 162 g/mol. The van der Waals surface area contributed by atoms with Crippen LogP contribution in [0.5, 0.6) is 0 Å². The standard InChI is InChI=1S/C9H19NO.C2H6/c1-3-5-9(8-11)6-4-7-10(9)2;1-2/h11H,3-8H2,1-2H3;1-2H3. The number of likely N-dealkylation sites (N-methyl/N-ethyl adjacent to an activating group) is 1. The SMILES string of the molecule is CC.CCCC1(CO)CCCN1C. The lowest BCUT2D eigenvalue weighted by Gasteiger charge is -2.34. The summed E-state index contributed by atoms with van der Waals surface area (Å²) in [6.07, 6.45) is 4.73. The summed E-state index contributed by atoms with van der Waals surface area (Å²) in [6, 6.07) is 0. The van der Waals surface area contributed by atoms with E-state index < -0.39 is 0 Å². The number of aliphatic hydroxyl groups excluding tert-OH is 1. The van der Waals surface area contributed by atoms with Gasteiger partial charge >= 0.3 is 0 Å². The average Bonchev–Trinajstić information content (AvgIpc) is 2.53. The van der Waals surface area contributed by atoms with E-state index in [9.17, 15) is 5.11 Å². The number of aliphatic hydroxyl groups is 1. The molecule has 0 radical (unpaired) electrons. The highest BCUT2D eigenvalue weighted by Crippen LogP contribution is 2.31. The van der Waals surface area contributed by atoms with Crippen LogP contribution in [0.4, 0.5) is 0 Å². The minimum Gasteiger partial charge on any atom is -0.394 e. The molecule has 1 saturated heterocycles. The van der Waals surface area contributed by atoms with Crippen LogP contribution in [0.15, 0.2) is 0 Å². The lowest BCUT2D eigenvalue weighted by Crippen LogP contribution is -2.44. The van der Waals surface area contributed by atoms with E-state index in [0.29, 0.717) is 6.61 Å². The number of hydrogen-bond donors (Lipinski definition) is 1. The van der Waals surface area contributed by atoms with Crippen LogP contribution in [0.2, 0.25) is 0 Å². The third-order valence-corrected chi connectivity index (χ3v) is 2.96. The zero-order valence-corrected chi connectivity index (χ0v) is 9.64. The lowest BCUT2D eigenvalue weighted by molar-refractivity contribution is 0.0754. The monoisotopic (exact) mass is 187 g/mol. The summed E-state index contributed by atoms with van der Waals surface area (Å²) in [5.41, 5.74) is 0.134. The fourth-order valence-electron chi connectivity index (χ4n) is 2.13. The summed E-state index contributed by atoms with van der Waals surface area (Å²) in [7, 11) is 2.12. The fourth-order valence-corrected chi connectivity index (χ4v) is 2.13. The summed E-state index contributed by atoms with van der Waals surface area (Å²) < 4.78 is 0. The Balaban J connectivity index is 0.000000671. The summed E-state index contributed by atoms with van der Waals surface area (Å²) in [4.78, 5) is 2.32. The second kappa shape index (κ2) is 6.39. The Hall–Kier alpha value is -0.0800. The van der Waals surface area contributed by atoms with E-state index in [1.165, 1.54) is 19.3 Å². The van der Waals surface area contributed by atoms with Crippen LogP contribution >= 0.6 is 0 Å². The van der Waals surface area contributed by atoms with Crippen LogP contribution in [-0.2, 0) is 0 Å². The molecule has 0 aromatic carbocycles. The molecule has 1 heterocycles. The Morgan fingerprint density at radius 2 is 2.00 bits per heavy atom. The minimum atomic E-state index is 0.134. The Morgan fingerprint density at radius 1 is 1.38 bits per heavy atom. The van der Waals surface area contributed by atoms with Crippen LogP contribution < -0.4 is 0 Å². The Bertz CT molecular complexity index is 127. The van der Waals surface area contributed by atoms with E-state index in [1.807, 2.05) is 13.8 Å². The molecule has 0 bridgehead atoms. The highest BCUT2D eigenvalue weighted by Gasteiger charge is 2.36. The van der Waals surface area contributed by atoms with E-state index in [4.69, 9.17) is 0 Å². The van der Waals surface area contributed by atoms with Crippen LogP contribution in [0, 0.1) is 0 Å². The van der Waals surface area contributed by atoms with Crippen LogP contribution in [0.3, 0.4) is 0 Å². The molecule has 1 aliphatic rings. The Morgan fingerprint density at radius 3 is 2.31 bits per heavy atom. The first-order chi connectivity index (χ1) is 6.25. The second-order valence-electron chi connectivity index (χ2n) is 3.66. The van der Waals surface area contributed by atoms with Gasteiger partial charge in [-0.2, -0.15) is 0 Å². The van der Waals surface area contributed by atoms with Gasteiger partial charge in [0.2, 0.25) is 0 Å². The first-order valence-corrected chi connectivity index (χ1v) is 5.57. The van der Waals surface area contributed by atoms with Gasteiger partial charge in [-0.05, 0) is 32.9 Å². The molecular formula is C11H25NO. The van der Waals surface area contributed by atoms with Crippen LogP contribution in [0.25, 0.3) is 0 Å². The van der Waals surface area contributed by atoms with Crippen molar-refractivity contribution in [2.45, 2.75) is 52.0 Å². The molecule has 0 amide bonds. The zero-order chi connectivity index (χ0) is 10.3. The summed E-state index contributed by atoms with van der Waals surface area (Å²) in [6.45, 7) is 7.67. The molecule has 80 valence electrons. The van der Waals surface area contributed by atoms with Crippen LogP contribution in [-0.4, -0.2) is 35.7 Å². The summed E-state index contributed by atoms with van der Waals surface area (Å²) in [5, 5.41) is 9.28. The molecule has 2 nitrogen and oxygen atoms in total. The molecule has 1 fully saturated rings. The van der Waals surface area contributed by atoms with Gasteiger partial charge in [0.15, 0.2) is 0 Å². The number of likely N-dealkylation sites (tertiary alicyclic amines) is 1. The third-order valence-electron chi connectivity index (χ3n) is 2.96. The third kappa shape index (κ3) is 2.96. The largest absolute Gasteiger partial charge is 0.394 e. The van der Waals surface area contributed by atoms with Crippen molar-refractivity contribution >= 4 is 0 Å². The predicted molar refractivity (Wildman–Crippen MR) is 57.9 cm³/mol. The Kier molecular flexibility index (Phi) is 6.35. The molecule has 0 aliphatic carbocycles. The molecule has 0 aromatic heterocycles. The minimum absolute atomic E-state index is 0.134. The second-order valence-corrected chi connectivity index (χ2v) is 3.66. The molecule has 0 saturated carbocycles. The first-order valence-electron chi connectivity index (χ1n) is 5.57. The predicted octanol–water partition coefficient (Wildman–Crippen LogP) is 2.27. The van der Waals surface area contributed by atoms with Crippen molar-refractivity contribution in [3.63, 3.8) is 0 Å². The topological polar surface area (TPSA) is 23.5 Å². The smallest absolute Gasteiger partial charge is 0.0615 e. The van der Waals surface area contributed by atoms with E-state index in [0.717, 1.165) is 13.0 Å². The maximum Gasteiger partial charge on any atom is 0.0615 e. The van der Waals surface area contributed by atoms with E-state index in [1.54, 1.807) is 0 Å². The zero-order valence-electron chi connectivity index (χ0n) is 9.64. The lowest BCUT2D eigenvalue weighted by atomic mass is 9.92. The van der Waals surface area contributed by atoms with Gasteiger partial charge < -0.3 is 5.11 Å². The molecule has 1 atom stereocenters. The molecule has 2 heteroatoms. The molecule has 13 heavy (non-hydrogen) atoms. The number of hydrogen-bond acceptors (Lipinski definition) is 2. The quantitative estimate of drug-likeness (QED) is 0.732. The molecule has 1 rings (SSSR count). The van der Waals surface area contributed by atoms with Crippen molar-refractivity contribution in [3.8, 4) is 0 Å². The fraction of sp³-hybridized carbons (Fsp3) is 1.00. The van der Waals surface area contributed by atoms with Gasteiger partial charge in [-0.1, -0.05) is 27.2 Å². The van der Waals surface area contributed by atoms with Gasteiger partial charge in [0.25, 0.3) is 0 Å². The molecule has 0 aromatic rings.